The molecule has 6 heteroatoms. The van der Waals surface area contributed by atoms with E-state index in [9.17, 15) is 4.79 Å². The highest BCUT2D eigenvalue weighted by atomic mass is 16.1. The van der Waals surface area contributed by atoms with Crippen LogP contribution in [0.5, 0.6) is 0 Å². The molecule has 1 atom stereocenters. The van der Waals surface area contributed by atoms with Crippen molar-refractivity contribution >= 4 is 11.7 Å². The predicted octanol–water partition coefficient (Wildman–Crippen LogP) is 0.679. The molecule has 1 N–H and O–H groups in total. The molecule has 2 saturated heterocycles. The summed E-state index contributed by atoms with van der Waals surface area (Å²) in [4.78, 5) is 16.7. The molecule has 1 amide bonds. The number of anilines is 1. The molecule has 0 saturated carbocycles. The first kappa shape index (κ1) is 15.2. The van der Waals surface area contributed by atoms with Gasteiger partial charge in [0, 0.05) is 32.1 Å². The summed E-state index contributed by atoms with van der Waals surface area (Å²) in [5.74, 6) is 1.84. The number of aromatic nitrogens is 2. The van der Waals surface area contributed by atoms with Crippen molar-refractivity contribution < 1.29 is 4.79 Å². The Morgan fingerprint density at radius 3 is 2.82 bits per heavy atom. The van der Waals surface area contributed by atoms with Crippen molar-refractivity contribution in [3.05, 3.63) is 17.8 Å². The Kier molecular flexibility index (Phi) is 4.57. The Balaban J connectivity index is 1.39. The molecule has 2 aliphatic rings. The largest absolute Gasteiger partial charge is 0.355 e. The number of hydrogen-bond donors (Lipinski definition) is 1. The van der Waals surface area contributed by atoms with Crippen LogP contribution in [0.15, 0.2) is 12.1 Å². The van der Waals surface area contributed by atoms with Gasteiger partial charge < -0.3 is 15.1 Å². The molecule has 120 valence electrons. The van der Waals surface area contributed by atoms with Crippen molar-refractivity contribution in [1.82, 2.24) is 20.4 Å². The maximum absolute atomic E-state index is 12.2. The number of likely N-dealkylation sites (tertiary alicyclic amines) is 1. The van der Waals surface area contributed by atoms with E-state index >= 15 is 0 Å². The molecule has 0 radical (unpaired) electrons. The zero-order chi connectivity index (χ0) is 15.5. The monoisotopic (exact) mass is 303 g/mol. The molecule has 2 fully saturated rings. The average molecular weight is 303 g/mol. The molecule has 3 rings (SSSR count). The van der Waals surface area contributed by atoms with Crippen molar-refractivity contribution in [2.75, 3.05) is 44.7 Å². The summed E-state index contributed by atoms with van der Waals surface area (Å²) in [6, 6.07) is 3.99. The Labute approximate surface area is 131 Å². The van der Waals surface area contributed by atoms with E-state index < -0.39 is 0 Å². The number of nitrogens with one attached hydrogen (secondary N) is 1. The highest BCUT2D eigenvalue weighted by Gasteiger charge is 2.30. The second-order valence-corrected chi connectivity index (χ2v) is 6.65. The molecule has 22 heavy (non-hydrogen) atoms. The van der Waals surface area contributed by atoms with Gasteiger partial charge in [-0.15, -0.1) is 5.10 Å². The summed E-state index contributed by atoms with van der Waals surface area (Å²) in [5, 5.41) is 11.4. The minimum atomic E-state index is 0.165. The van der Waals surface area contributed by atoms with E-state index in [2.05, 4.69) is 32.4 Å². The summed E-state index contributed by atoms with van der Waals surface area (Å²) in [5.41, 5.74) is 0.936. The Morgan fingerprint density at radius 1 is 1.32 bits per heavy atom. The van der Waals surface area contributed by atoms with Gasteiger partial charge in [-0.05, 0) is 45.5 Å². The smallest absolute Gasteiger partial charge is 0.224 e. The fraction of sp³-hybridized carbons (Fsp3) is 0.688. The summed E-state index contributed by atoms with van der Waals surface area (Å²) in [6.45, 7) is 6.61. The maximum atomic E-state index is 12.2. The molecule has 3 heterocycles. The molecule has 1 unspecified atom stereocenters. The van der Waals surface area contributed by atoms with Crippen LogP contribution in [0.25, 0.3) is 0 Å². The highest BCUT2D eigenvalue weighted by molar-refractivity contribution is 5.79. The third kappa shape index (κ3) is 3.55. The van der Waals surface area contributed by atoms with Crippen molar-refractivity contribution in [2.45, 2.75) is 19.8 Å². The van der Waals surface area contributed by atoms with E-state index in [0.29, 0.717) is 5.92 Å². The van der Waals surface area contributed by atoms with E-state index in [1.54, 1.807) is 0 Å². The van der Waals surface area contributed by atoms with E-state index in [1.807, 2.05) is 19.1 Å². The van der Waals surface area contributed by atoms with Gasteiger partial charge in [0.2, 0.25) is 5.91 Å². The van der Waals surface area contributed by atoms with Gasteiger partial charge in [0.15, 0.2) is 5.82 Å². The third-order valence-corrected chi connectivity index (χ3v) is 4.63. The first-order valence-electron chi connectivity index (χ1n) is 8.13. The highest BCUT2D eigenvalue weighted by Crippen LogP contribution is 2.22. The lowest BCUT2D eigenvalue weighted by Crippen LogP contribution is -2.53. The number of rotatable bonds is 4. The number of carbonyl (C=O) groups excluding carboxylic acids is 1. The van der Waals surface area contributed by atoms with Crippen LogP contribution in [0, 0.1) is 18.8 Å². The predicted molar refractivity (Wildman–Crippen MR) is 85.7 cm³/mol. The lowest BCUT2D eigenvalue weighted by Gasteiger charge is -2.40. The van der Waals surface area contributed by atoms with Gasteiger partial charge in [-0.2, -0.15) is 5.10 Å². The van der Waals surface area contributed by atoms with E-state index in [0.717, 1.165) is 57.1 Å². The van der Waals surface area contributed by atoms with Gasteiger partial charge in [0.1, 0.15) is 0 Å². The Hall–Kier alpha value is -1.69. The number of amides is 1. The normalized spacial score (nSPS) is 23.2. The number of carbonyl (C=O) groups is 1. The lowest BCUT2D eigenvalue weighted by molar-refractivity contribution is -0.126. The second kappa shape index (κ2) is 6.60. The van der Waals surface area contributed by atoms with Crippen LogP contribution in [0.2, 0.25) is 0 Å². The number of nitrogens with zero attached hydrogens (tertiary/aromatic N) is 4. The van der Waals surface area contributed by atoms with Crippen LogP contribution >= 0.6 is 0 Å². The van der Waals surface area contributed by atoms with Gasteiger partial charge in [0.25, 0.3) is 0 Å². The van der Waals surface area contributed by atoms with Crippen LogP contribution < -0.4 is 10.2 Å². The van der Waals surface area contributed by atoms with Gasteiger partial charge in [-0.1, -0.05) is 0 Å². The lowest BCUT2D eigenvalue weighted by atomic mass is 9.96. The molecule has 6 nitrogen and oxygen atoms in total. The molecular formula is C16H25N5O. The molecule has 1 aromatic heterocycles. The molecule has 0 aliphatic carbocycles. The van der Waals surface area contributed by atoms with Crippen molar-refractivity contribution in [3.63, 3.8) is 0 Å². The SMILES string of the molecule is Cc1ccc(N2CC(CNC(=O)C3CCCN(C)C3)C2)nn1. The summed E-state index contributed by atoms with van der Waals surface area (Å²) >= 11 is 0. The molecule has 2 aliphatic heterocycles. The van der Waals surface area contributed by atoms with Gasteiger partial charge in [-0.25, -0.2) is 0 Å². The number of hydrogen-bond acceptors (Lipinski definition) is 5. The Bertz CT molecular complexity index is 512. The van der Waals surface area contributed by atoms with Crippen LogP contribution in [0.4, 0.5) is 5.82 Å². The second-order valence-electron chi connectivity index (χ2n) is 6.65. The van der Waals surface area contributed by atoms with Crippen molar-refractivity contribution in [1.29, 1.82) is 0 Å². The summed E-state index contributed by atoms with van der Waals surface area (Å²) in [6.07, 6.45) is 2.14. The van der Waals surface area contributed by atoms with Gasteiger partial charge in [-0.3, -0.25) is 4.79 Å². The van der Waals surface area contributed by atoms with Crippen molar-refractivity contribution in [2.24, 2.45) is 11.8 Å². The minimum Gasteiger partial charge on any atom is -0.355 e. The Morgan fingerprint density at radius 2 is 2.14 bits per heavy atom. The van der Waals surface area contributed by atoms with Crippen molar-refractivity contribution in [3.8, 4) is 0 Å². The van der Waals surface area contributed by atoms with Gasteiger partial charge >= 0.3 is 0 Å². The van der Waals surface area contributed by atoms with Crippen LogP contribution in [-0.2, 0) is 4.79 Å². The number of aryl methyl sites for hydroxylation is 1. The zero-order valence-electron chi connectivity index (χ0n) is 13.5. The van der Waals surface area contributed by atoms with Crippen LogP contribution in [0.3, 0.4) is 0 Å². The fourth-order valence-corrected chi connectivity index (χ4v) is 3.22. The molecule has 0 bridgehead atoms. The first-order chi connectivity index (χ1) is 10.6. The van der Waals surface area contributed by atoms with Crippen LogP contribution in [0.1, 0.15) is 18.5 Å². The standard InChI is InChI=1S/C16H25N5O/c1-12-5-6-15(19-18-12)21-9-13(10-21)8-17-16(22)14-4-3-7-20(2)11-14/h5-6,13-14H,3-4,7-11H2,1-2H3,(H,17,22). The molecule has 0 aromatic carbocycles. The summed E-state index contributed by atoms with van der Waals surface area (Å²) < 4.78 is 0. The van der Waals surface area contributed by atoms with E-state index in [4.69, 9.17) is 0 Å². The molecule has 1 aromatic rings. The maximum Gasteiger partial charge on any atom is 0.224 e. The van der Waals surface area contributed by atoms with Crippen LogP contribution in [-0.4, -0.2) is 60.8 Å². The summed E-state index contributed by atoms with van der Waals surface area (Å²) in [7, 11) is 2.09. The third-order valence-electron chi connectivity index (χ3n) is 4.63. The van der Waals surface area contributed by atoms with E-state index in [1.165, 1.54) is 0 Å². The fourth-order valence-electron chi connectivity index (χ4n) is 3.22. The van der Waals surface area contributed by atoms with E-state index in [-0.39, 0.29) is 11.8 Å². The quantitative estimate of drug-likeness (QED) is 0.886. The number of piperidine rings is 1. The molecular weight excluding hydrogens is 278 g/mol. The first-order valence-corrected chi connectivity index (χ1v) is 8.13. The average Bonchev–Trinajstić information content (AvgIpc) is 2.47. The zero-order valence-corrected chi connectivity index (χ0v) is 13.5. The minimum absolute atomic E-state index is 0.165. The van der Waals surface area contributed by atoms with Gasteiger partial charge in [0.05, 0.1) is 11.6 Å². The topological polar surface area (TPSA) is 61.4 Å². The molecule has 0 spiro atoms.